The third kappa shape index (κ3) is 5.34. The lowest BCUT2D eigenvalue weighted by Gasteiger charge is -2.33. The Morgan fingerprint density at radius 2 is 1.82 bits per heavy atom. The standard InChI is InChI=1S/C28H35F2N7O3/c1-16(17-7-9-36(10-8-17)27-34-25(35-40-27)28(2,38)18-3-4-18)39-20-12-32-26(33-13-20)37-14-22(24(31)15-37)21-11-19(29)5-6-23(21)30/h5-6,11-13,16-18,22,24,38H,3-4,7-10,14-15,31H2,1-2H3. The van der Waals surface area contributed by atoms with Crippen LogP contribution in [0.5, 0.6) is 5.75 Å². The van der Waals surface area contributed by atoms with Gasteiger partial charge in [0, 0.05) is 38.1 Å². The molecule has 3 aliphatic rings. The maximum absolute atomic E-state index is 14.3. The number of anilines is 2. The lowest BCUT2D eigenvalue weighted by Crippen LogP contribution is -2.39. The van der Waals surface area contributed by atoms with Gasteiger partial charge in [-0.15, -0.1) is 0 Å². The normalized spacial score (nSPS) is 24.2. The number of hydrogen-bond donors (Lipinski definition) is 2. The predicted molar refractivity (Wildman–Crippen MR) is 143 cm³/mol. The van der Waals surface area contributed by atoms with Gasteiger partial charge in [-0.2, -0.15) is 4.98 Å². The smallest absolute Gasteiger partial charge is 0.324 e. The summed E-state index contributed by atoms with van der Waals surface area (Å²) in [7, 11) is 0. The fourth-order valence-electron chi connectivity index (χ4n) is 5.90. The summed E-state index contributed by atoms with van der Waals surface area (Å²) in [6, 6.07) is 3.54. The number of aromatic nitrogens is 4. The van der Waals surface area contributed by atoms with Crippen LogP contribution in [-0.2, 0) is 5.60 Å². The van der Waals surface area contributed by atoms with Crippen LogP contribution >= 0.6 is 0 Å². The molecule has 4 heterocycles. The molecular weight excluding hydrogens is 520 g/mol. The summed E-state index contributed by atoms with van der Waals surface area (Å²) in [5, 5.41) is 14.7. The third-order valence-electron chi connectivity index (χ3n) is 8.66. The molecule has 4 atom stereocenters. The van der Waals surface area contributed by atoms with Crippen LogP contribution in [0.1, 0.15) is 56.8 Å². The van der Waals surface area contributed by atoms with Gasteiger partial charge in [0.1, 0.15) is 17.2 Å². The minimum Gasteiger partial charge on any atom is -0.487 e. The Morgan fingerprint density at radius 3 is 2.52 bits per heavy atom. The van der Waals surface area contributed by atoms with Crippen molar-refractivity contribution >= 4 is 12.0 Å². The molecule has 2 saturated heterocycles. The minimum absolute atomic E-state index is 0.0500. The molecule has 3 fully saturated rings. The summed E-state index contributed by atoms with van der Waals surface area (Å²) in [5.74, 6) is 0.631. The fraction of sp³-hybridized carbons (Fsp3) is 0.571. The van der Waals surface area contributed by atoms with Gasteiger partial charge in [0.15, 0.2) is 5.75 Å². The maximum Gasteiger partial charge on any atom is 0.324 e. The molecule has 4 unspecified atom stereocenters. The number of rotatable bonds is 8. The maximum atomic E-state index is 14.3. The Hall–Kier alpha value is -3.38. The lowest BCUT2D eigenvalue weighted by atomic mass is 9.92. The average molecular weight is 556 g/mol. The minimum atomic E-state index is -1.04. The zero-order valence-corrected chi connectivity index (χ0v) is 22.7. The summed E-state index contributed by atoms with van der Waals surface area (Å²) < 4.78 is 39.7. The Bertz CT molecular complexity index is 1330. The third-order valence-corrected chi connectivity index (χ3v) is 8.66. The Balaban J connectivity index is 1.01. The van der Waals surface area contributed by atoms with E-state index in [-0.39, 0.29) is 29.5 Å². The van der Waals surface area contributed by atoms with Crippen LogP contribution in [0.2, 0.25) is 0 Å². The number of benzene rings is 1. The van der Waals surface area contributed by atoms with E-state index in [9.17, 15) is 13.9 Å². The van der Waals surface area contributed by atoms with Crippen LogP contribution in [-0.4, -0.2) is 63.5 Å². The first-order chi connectivity index (χ1) is 19.2. The van der Waals surface area contributed by atoms with Gasteiger partial charge in [0.25, 0.3) is 0 Å². The van der Waals surface area contributed by atoms with Crippen molar-refractivity contribution in [1.82, 2.24) is 20.1 Å². The van der Waals surface area contributed by atoms with E-state index in [2.05, 4.69) is 25.0 Å². The van der Waals surface area contributed by atoms with Crippen LogP contribution in [0.15, 0.2) is 35.1 Å². The number of piperidine rings is 1. The molecule has 40 heavy (non-hydrogen) atoms. The second kappa shape index (κ2) is 10.5. The molecule has 0 spiro atoms. The molecule has 214 valence electrons. The Morgan fingerprint density at radius 1 is 1.10 bits per heavy atom. The average Bonchev–Trinajstić information content (AvgIpc) is 3.58. The SMILES string of the molecule is CC(Oc1cnc(N2CC(N)C(c3cc(F)ccc3F)C2)nc1)C1CCN(c2nc(C(C)(O)C3CC3)no2)CC1. The number of aliphatic hydroxyl groups is 1. The van der Waals surface area contributed by atoms with Crippen LogP contribution in [0.4, 0.5) is 20.7 Å². The first-order valence-corrected chi connectivity index (χ1v) is 13.9. The predicted octanol–water partition coefficient (Wildman–Crippen LogP) is 3.37. The van der Waals surface area contributed by atoms with Crippen molar-refractivity contribution in [2.24, 2.45) is 17.6 Å². The van der Waals surface area contributed by atoms with E-state index in [0.717, 1.165) is 50.9 Å². The van der Waals surface area contributed by atoms with Gasteiger partial charge in [-0.25, -0.2) is 18.7 Å². The second-order valence-corrected chi connectivity index (χ2v) is 11.5. The van der Waals surface area contributed by atoms with Crippen molar-refractivity contribution in [2.45, 2.75) is 63.2 Å². The second-order valence-electron chi connectivity index (χ2n) is 11.5. The quantitative estimate of drug-likeness (QED) is 0.427. The lowest BCUT2D eigenvalue weighted by molar-refractivity contribution is 0.0218. The van der Waals surface area contributed by atoms with Gasteiger partial charge < -0.3 is 29.9 Å². The van der Waals surface area contributed by atoms with Crippen LogP contribution in [0.3, 0.4) is 0 Å². The van der Waals surface area contributed by atoms with E-state index in [1.165, 1.54) is 6.07 Å². The molecule has 3 N–H and O–H groups in total. The molecule has 3 aromatic rings. The van der Waals surface area contributed by atoms with E-state index in [0.29, 0.717) is 42.5 Å². The van der Waals surface area contributed by atoms with Gasteiger partial charge in [-0.05, 0) is 75.1 Å². The highest BCUT2D eigenvalue weighted by Crippen LogP contribution is 2.44. The van der Waals surface area contributed by atoms with Crippen molar-refractivity contribution in [2.75, 3.05) is 36.0 Å². The van der Waals surface area contributed by atoms with Gasteiger partial charge in [0.2, 0.25) is 11.8 Å². The largest absolute Gasteiger partial charge is 0.487 e. The number of nitrogens with two attached hydrogens (primary N) is 1. The number of ether oxygens (including phenoxy) is 1. The molecule has 0 amide bonds. The highest BCUT2D eigenvalue weighted by molar-refractivity contribution is 5.39. The highest BCUT2D eigenvalue weighted by Gasteiger charge is 2.45. The van der Waals surface area contributed by atoms with Crippen LogP contribution in [0, 0.1) is 23.5 Å². The van der Waals surface area contributed by atoms with Gasteiger partial charge in [-0.3, -0.25) is 0 Å². The van der Waals surface area contributed by atoms with Gasteiger partial charge >= 0.3 is 6.01 Å². The van der Waals surface area contributed by atoms with Crippen molar-refractivity contribution in [3.8, 4) is 5.75 Å². The number of nitrogens with zero attached hydrogens (tertiary/aromatic N) is 6. The highest BCUT2D eigenvalue weighted by atomic mass is 19.1. The molecule has 1 aromatic carbocycles. The molecular formula is C28H35F2N7O3. The van der Waals surface area contributed by atoms with Crippen LogP contribution < -0.4 is 20.3 Å². The molecule has 10 nitrogen and oxygen atoms in total. The first kappa shape index (κ1) is 26.8. The van der Waals surface area contributed by atoms with E-state index in [1.807, 2.05) is 11.8 Å². The number of halogens is 2. The summed E-state index contributed by atoms with van der Waals surface area (Å²) in [6.45, 7) is 6.15. The van der Waals surface area contributed by atoms with Crippen LogP contribution in [0.25, 0.3) is 0 Å². The van der Waals surface area contributed by atoms with Crippen molar-refractivity contribution in [3.63, 3.8) is 0 Å². The van der Waals surface area contributed by atoms with E-state index in [1.54, 1.807) is 19.3 Å². The molecule has 6 rings (SSSR count). The van der Waals surface area contributed by atoms with Crippen molar-refractivity contribution in [1.29, 1.82) is 0 Å². The van der Waals surface area contributed by atoms with E-state index >= 15 is 0 Å². The number of hydrogen-bond acceptors (Lipinski definition) is 10. The van der Waals surface area contributed by atoms with Gasteiger partial charge in [0.05, 0.1) is 18.5 Å². The monoisotopic (exact) mass is 555 g/mol. The van der Waals surface area contributed by atoms with E-state index in [4.69, 9.17) is 15.0 Å². The molecule has 0 bridgehead atoms. The Labute approximate surface area is 231 Å². The van der Waals surface area contributed by atoms with Crippen molar-refractivity contribution in [3.05, 3.63) is 53.6 Å². The summed E-state index contributed by atoms with van der Waals surface area (Å²) >= 11 is 0. The summed E-state index contributed by atoms with van der Waals surface area (Å²) in [5.41, 5.74) is 5.52. The Kier molecular flexibility index (Phi) is 7.07. The van der Waals surface area contributed by atoms with Gasteiger partial charge in [-0.1, -0.05) is 5.16 Å². The molecule has 1 aliphatic carbocycles. The molecule has 2 aliphatic heterocycles. The zero-order valence-electron chi connectivity index (χ0n) is 22.7. The molecule has 2 aromatic heterocycles. The first-order valence-electron chi connectivity index (χ1n) is 13.9. The molecule has 12 heteroatoms. The zero-order chi connectivity index (χ0) is 28.0. The van der Waals surface area contributed by atoms with Crippen molar-refractivity contribution < 1.29 is 23.1 Å². The topological polar surface area (TPSA) is 127 Å². The molecule has 1 saturated carbocycles. The summed E-state index contributed by atoms with van der Waals surface area (Å²) in [4.78, 5) is 17.4. The molecule has 0 radical (unpaired) electrons. The summed E-state index contributed by atoms with van der Waals surface area (Å²) in [6.07, 6.45) is 6.98. The van der Waals surface area contributed by atoms with E-state index < -0.39 is 17.2 Å². The fourth-order valence-corrected chi connectivity index (χ4v) is 5.90.